The highest BCUT2D eigenvalue weighted by Crippen LogP contribution is 2.32. The lowest BCUT2D eigenvalue weighted by atomic mass is 9.97. The van der Waals surface area contributed by atoms with E-state index >= 15 is 0 Å². The first-order valence-corrected chi connectivity index (χ1v) is 14.7. The topological polar surface area (TPSA) is 165 Å². The number of aliphatic imine (C=N–C) groups is 1. The molecule has 12 heteroatoms. The van der Waals surface area contributed by atoms with E-state index in [0.29, 0.717) is 39.4 Å². The van der Waals surface area contributed by atoms with Crippen LogP contribution in [0.5, 0.6) is 11.5 Å². The van der Waals surface area contributed by atoms with Crippen molar-refractivity contribution < 1.29 is 28.7 Å². The number of nitrogens with one attached hydrogen (secondary N) is 2. The quantitative estimate of drug-likeness (QED) is 0.154. The molecule has 12 nitrogen and oxygen atoms in total. The fourth-order valence-electron chi connectivity index (χ4n) is 4.98. The van der Waals surface area contributed by atoms with Crippen LogP contribution in [0, 0.1) is 17.3 Å². The summed E-state index contributed by atoms with van der Waals surface area (Å²) in [4.78, 5) is 61.5. The number of allylic oxidation sites excluding steroid dienone is 1. The Morgan fingerprint density at radius 1 is 1.13 bits per heavy atom. The lowest BCUT2D eigenvalue weighted by Gasteiger charge is -2.26. The van der Waals surface area contributed by atoms with Crippen molar-refractivity contribution in [3.8, 4) is 34.6 Å². The van der Waals surface area contributed by atoms with Gasteiger partial charge in [0.2, 0.25) is 5.54 Å². The van der Waals surface area contributed by atoms with Crippen molar-refractivity contribution in [1.82, 2.24) is 20.5 Å². The minimum absolute atomic E-state index is 0.164. The summed E-state index contributed by atoms with van der Waals surface area (Å²) >= 11 is 0. The van der Waals surface area contributed by atoms with Crippen LogP contribution in [0.1, 0.15) is 48.0 Å². The molecular formula is C35H34N6O6. The van der Waals surface area contributed by atoms with Crippen LogP contribution in [0.15, 0.2) is 65.8 Å². The van der Waals surface area contributed by atoms with Gasteiger partial charge in [-0.15, -0.1) is 0 Å². The first-order valence-electron chi connectivity index (χ1n) is 14.7. The molecule has 0 saturated carbocycles. The zero-order chi connectivity index (χ0) is 33.9. The Morgan fingerprint density at radius 2 is 1.87 bits per heavy atom. The minimum Gasteiger partial charge on any atom is -0.497 e. The van der Waals surface area contributed by atoms with Crippen molar-refractivity contribution in [3.05, 3.63) is 83.2 Å². The van der Waals surface area contributed by atoms with Gasteiger partial charge in [-0.2, -0.15) is 0 Å². The number of carbonyl (C=O) groups is 4. The van der Waals surface area contributed by atoms with Gasteiger partial charge in [0.15, 0.2) is 5.75 Å². The number of nitrogens with two attached hydrogens (primary N) is 1. The number of urea groups is 1. The number of methoxy groups -OCH3 is 1. The summed E-state index contributed by atoms with van der Waals surface area (Å²) in [5, 5.41) is 4.86. The standard InChI is InChI=1S/C35H34N6O6/c1-34(2,3)32(44)47-28-13-12-27(24(17-36)18-37-4)38-29(28)22-8-6-21(7-9-22)14-15-35(31(43)39-33(45)40-35)20-41-19-23-10-11-25(46-5)16-26(23)30(41)42/h6-13,16-18H,19-20,36H2,1-5H3,(H2,39,40,43,45)/t35-/m1/s1. The highest BCUT2D eigenvalue weighted by Gasteiger charge is 2.48. The third-order valence-electron chi connectivity index (χ3n) is 7.56. The van der Waals surface area contributed by atoms with E-state index in [2.05, 4.69) is 27.5 Å². The Kier molecular flexibility index (Phi) is 8.84. The van der Waals surface area contributed by atoms with Gasteiger partial charge < -0.3 is 25.4 Å². The predicted molar refractivity (Wildman–Crippen MR) is 175 cm³/mol. The predicted octanol–water partition coefficient (Wildman–Crippen LogP) is 3.29. The average molecular weight is 635 g/mol. The summed E-state index contributed by atoms with van der Waals surface area (Å²) in [7, 11) is 3.13. The fraction of sp³-hybridized carbons (Fsp3) is 0.257. The SMILES string of the molecule is CN=CC(=CN)c1ccc(OC(=O)C(C)(C)C)c(-c2ccc(C#C[C@]3(CN4Cc5ccc(OC)cc5C4=O)NC(=O)NC3=O)cc2)n1. The van der Waals surface area contributed by atoms with Crippen molar-refractivity contribution in [2.75, 3.05) is 20.7 Å². The molecule has 1 saturated heterocycles. The van der Waals surface area contributed by atoms with E-state index in [9.17, 15) is 19.2 Å². The van der Waals surface area contributed by atoms with Crippen molar-refractivity contribution >= 4 is 35.6 Å². The van der Waals surface area contributed by atoms with E-state index in [1.807, 2.05) is 0 Å². The van der Waals surface area contributed by atoms with Crippen LogP contribution in [0.25, 0.3) is 16.8 Å². The van der Waals surface area contributed by atoms with Gasteiger partial charge in [-0.1, -0.05) is 30.0 Å². The molecule has 3 heterocycles. The smallest absolute Gasteiger partial charge is 0.323 e. The number of benzene rings is 2. The third-order valence-corrected chi connectivity index (χ3v) is 7.56. The largest absolute Gasteiger partial charge is 0.497 e. The molecule has 2 aromatic carbocycles. The van der Waals surface area contributed by atoms with Gasteiger partial charge in [0.25, 0.3) is 11.8 Å². The van der Waals surface area contributed by atoms with Gasteiger partial charge in [0.05, 0.1) is 24.8 Å². The van der Waals surface area contributed by atoms with Gasteiger partial charge in [0, 0.05) is 48.3 Å². The zero-order valence-electron chi connectivity index (χ0n) is 26.6. The number of imide groups is 1. The van der Waals surface area contributed by atoms with Crippen LogP contribution in [0.2, 0.25) is 0 Å². The van der Waals surface area contributed by atoms with Gasteiger partial charge in [-0.3, -0.25) is 24.7 Å². The lowest BCUT2D eigenvalue weighted by molar-refractivity contribution is -0.143. The second kappa shape index (κ2) is 12.8. The Labute approximate surface area is 272 Å². The number of hydrogen-bond donors (Lipinski definition) is 3. The molecule has 4 amide bonds. The number of fused-ring (bicyclic) bond motifs is 1. The summed E-state index contributed by atoms with van der Waals surface area (Å²) in [5.74, 6) is 5.31. The van der Waals surface area contributed by atoms with Crippen LogP contribution in [0.3, 0.4) is 0 Å². The summed E-state index contributed by atoms with van der Waals surface area (Å²) in [6, 6.07) is 14.8. The number of pyridine rings is 1. The lowest BCUT2D eigenvalue weighted by Crippen LogP contribution is -2.54. The Morgan fingerprint density at radius 3 is 2.49 bits per heavy atom. The maximum Gasteiger partial charge on any atom is 0.323 e. The van der Waals surface area contributed by atoms with Crippen LogP contribution in [-0.2, 0) is 16.1 Å². The van der Waals surface area contributed by atoms with Gasteiger partial charge in [-0.25, -0.2) is 9.78 Å². The molecule has 0 radical (unpaired) electrons. The average Bonchev–Trinajstić information content (AvgIpc) is 3.51. The molecule has 0 aliphatic carbocycles. The van der Waals surface area contributed by atoms with Gasteiger partial charge >= 0.3 is 12.0 Å². The number of carbonyl (C=O) groups excluding carboxylic acids is 4. The summed E-state index contributed by atoms with van der Waals surface area (Å²) in [6.45, 7) is 5.35. The van der Waals surface area contributed by atoms with E-state index in [1.54, 1.807) is 88.6 Å². The maximum atomic E-state index is 13.2. The fourth-order valence-corrected chi connectivity index (χ4v) is 4.98. The number of esters is 1. The second-order valence-electron chi connectivity index (χ2n) is 12.0. The molecule has 1 aromatic heterocycles. The summed E-state index contributed by atoms with van der Waals surface area (Å²) in [5.41, 5.74) is 7.26. The molecule has 240 valence electrons. The van der Waals surface area contributed by atoms with E-state index in [1.165, 1.54) is 18.2 Å². The summed E-state index contributed by atoms with van der Waals surface area (Å²) < 4.78 is 11.0. The van der Waals surface area contributed by atoms with E-state index in [-0.39, 0.29) is 24.7 Å². The molecular weight excluding hydrogens is 600 g/mol. The van der Waals surface area contributed by atoms with Crippen molar-refractivity contribution in [3.63, 3.8) is 0 Å². The van der Waals surface area contributed by atoms with Crippen LogP contribution in [0.4, 0.5) is 4.79 Å². The summed E-state index contributed by atoms with van der Waals surface area (Å²) in [6.07, 6.45) is 2.96. The second-order valence-corrected chi connectivity index (χ2v) is 12.0. The van der Waals surface area contributed by atoms with Crippen molar-refractivity contribution in [2.24, 2.45) is 16.1 Å². The first kappa shape index (κ1) is 32.4. The Hall–Kier alpha value is -5.96. The zero-order valence-corrected chi connectivity index (χ0v) is 26.6. The molecule has 3 aromatic rings. The van der Waals surface area contributed by atoms with Gasteiger partial charge in [0.1, 0.15) is 11.4 Å². The van der Waals surface area contributed by atoms with Crippen LogP contribution in [-0.4, -0.2) is 66.2 Å². The van der Waals surface area contributed by atoms with Crippen molar-refractivity contribution in [1.29, 1.82) is 0 Å². The number of aromatic nitrogens is 1. The molecule has 1 atom stereocenters. The van der Waals surface area contributed by atoms with Crippen LogP contribution >= 0.6 is 0 Å². The Balaban J connectivity index is 1.46. The number of hydrogen-bond acceptors (Lipinski definition) is 9. The first-order chi connectivity index (χ1) is 22.4. The molecule has 0 unspecified atom stereocenters. The molecule has 0 bridgehead atoms. The third kappa shape index (κ3) is 6.69. The highest BCUT2D eigenvalue weighted by molar-refractivity contribution is 6.10. The molecule has 2 aliphatic rings. The molecule has 0 spiro atoms. The van der Waals surface area contributed by atoms with E-state index < -0.39 is 28.9 Å². The molecule has 5 rings (SSSR count). The number of amides is 4. The van der Waals surface area contributed by atoms with Crippen molar-refractivity contribution in [2.45, 2.75) is 32.9 Å². The van der Waals surface area contributed by atoms with E-state index in [4.69, 9.17) is 20.2 Å². The monoisotopic (exact) mass is 634 g/mol. The molecule has 2 aliphatic heterocycles. The minimum atomic E-state index is -1.67. The highest BCUT2D eigenvalue weighted by atomic mass is 16.5. The number of rotatable bonds is 7. The maximum absolute atomic E-state index is 13.2. The van der Waals surface area contributed by atoms with Crippen LogP contribution < -0.4 is 25.8 Å². The Bertz CT molecular complexity index is 1900. The van der Waals surface area contributed by atoms with Gasteiger partial charge in [-0.05, 0) is 62.7 Å². The molecule has 47 heavy (non-hydrogen) atoms. The molecule has 1 fully saturated rings. The van der Waals surface area contributed by atoms with E-state index in [0.717, 1.165) is 5.56 Å². The normalized spacial score (nSPS) is 17.6. The molecule has 4 N–H and O–H groups in total. The number of nitrogens with zero attached hydrogens (tertiary/aromatic N) is 3. The number of ether oxygens (including phenoxy) is 2.